The molecule has 20 heavy (non-hydrogen) atoms. The molecule has 0 fully saturated rings. The highest BCUT2D eigenvalue weighted by Gasteiger charge is 2.11. The van der Waals surface area contributed by atoms with E-state index in [0.29, 0.717) is 16.8 Å². The molecule has 0 radical (unpaired) electrons. The molecule has 0 bridgehead atoms. The lowest BCUT2D eigenvalue weighted by Gasteiger charge is -2.10. The second kappa shape index (κ2) is 6.11. The maximum atomic E-state index is 12.8. The van der Waals surface area contributed by atoms with Crippen molar-refractivity contribution in [3.05, 3.63) is 63.9 Å². The molecule has 2 rings (SSSR count). The lowest BCUT2D eigenvalue weighted by molar-refractivity contribution is 0.102. The summed E-state index contributed by atoms with van der Waals surface area (Å²) in [5.41, 5.74) is 7.03. The Morgan fingerprint density at radius 3 is 2.45 bits per heavy atom. The van der Waals surface area contributed by atoms with Gasteiger partial charge >= 0.3 is 0 Å². The van der Waals surface area contributed by atoms with Gasteiger partial charge in [0.1, 0.15) is 10.8 Å². The van der Waals surface area contributed by atoms with Crippen molar-refractivity contribution < 1.29 is 9.18 Å². The Hall–Kier alpha value is -1.79. The van der Waals surface area contributed by atoms with E-state index in [9.17, 15) is 9.18 Å². The summed E-state index contributed by atoms with van der Waals surface area (Å²) < 4.78 is 13.6. The summed E-state index contributed by atoms with van der Waals surface area (Å²) in [6.07, 6.45) is 0. The molecule has 0 saturated carbocycles. The smallest absolute Gasteiger partial charge is 0.255 e. The van der Waals surface area contributed by atoms with Crippen LogP contribution in [-0.2, 0) is 0 Å². The fourth-order valence-electron chi connectivity index (χ4n) is 1.63. The molecule has 3 N–H and O–H groups in total. The second-order valence-electron chi connectivity index (χ2n) is 4.02. The zero-order valence-corrected chi connectivity index (χ0v) is 12.6. The Labute approximate surface area is 129 Å². The van der Waals surface area contributed by atoms with E-state index in [1.165, 1.54) is 24.3 Å². The molecule has 1 amide bonds. The number of halogens is 2. The quantitative estimate of drug-likeness (QED) is 0.831. The van der Waals surface area contributed by atoms with E-state index in [0.717, 1.165) is 4.47 Å². The third-order valence-electron chi connectivity index (χ3n) is 2.60. The standard InChI is InChI=1S/C14H10BrFN2OS/c15-9-3-6-11(13(17)20)12(7-9)18-14(19)8-1-4-10(16)5-2-8/h1-7H,(H2,17,20)(H,18,19). The molecule has 0 aliphatic rings. The van der Waals surface area contributed by atoms with Crippen molar-refractivity contribution in [2.45, 2.75) is 0 Å². The molecule has 0 spiro atoms. The van der Waals surface area contributed by atoms with Gasteiger partial charge in [-0.15, -0.1) is 0 Å². The molecule has 0 aliphatic heterocycles. The predicted molar refractivity (Wildman–Crippen MR) is 84.4 cm³/mol. The number of hydrogen-bond donors (Lipinski definition) is 2. The van der Waals surface area contributed by atoms with E-state index in [4.69, 9.17) is 18.0 Å². The van der Waals surface area contributed by atoms with Gasteiger partial charge < -0.3 is 11.1 Å². The van der Waals surface area contributed by atoms with Crippen molar-refractivity contribution in [3.8, 4) is 0 Å². The number of anilines is 1. The van der Waals surface area contributed by atoms with Crippen LogP contribution in [0, 0.1) is 5.82 Å². The monoisotopic (exact) mass is 352 g/mol. The van der Waals surface area contributed by atoms with Crippen molar-refractivity contribution in [2.24, 2.45) is 5.73 Å². The van der Waals surface area contributed by atoms with E-state index >= 15 is 0 Å². The average molecular weight is 353 g/mol. The molecule has 6 heteroatoms. The third-order valence-corrected chi connectivity index (χ3v) is 3.31. The number of nitrogens with two attached hydrogens (primary N) is 1. The zero-order chi connectivity index (χ0) is 14.7. The van der Waals surface area contributed by atoms with Crippen LogP contribution in [-0.4, -0.2) is 10.9 Å². The number of amides is 1. The van der Waals surface area contributed by atoms with E-state index in [2.05, 4.69) is 21.2 Å². The molecule has 0 atom stereocenters. The first kappa shape index (κ1) is 14.6. The van der Waals surface area contributed by atoms with Crippen LogP contribution in [0.2, 0.25) is 0 Å². The number of nitrogens with one attached hydrogen (secondary N) is 1. The Balaban J connectivity index is 2.29. The van der Waals surface area contributed by atoms with Crippen LogP contribution >= 0.6 is 28.1 Å². The summed E-state index contributed by atoms with van der Waals surface area (Å²) in [5.74, 6) is -0.756. The normalized spacial score (nSPS) is 10.1. The van der Waals surface area contributed by atoms with Crippen LogP contribution in [0.15, 0.2) is 46.9 Å². The van der Waals surface area contributed by atoms with Gasteiger partial charge in [-0.3, -0.25) is 4.79 Å². The van der Waals surface area contributed by atoms with E-state index < -0.39 is 5.82 Å². The molecule has 0 aromatic heterocycles. The van der Waals surface area contributed by atoms with Crippen LogP contribution < -0.4 is 11.1 Å². The Bertz CT molecular complexity index is 673. The van der Waals surface area contributed by atoms with Crippen molar-refractivity contribution >= 4 is 44.7 Å². The minimum absolute atomic E-state index is 0.187. The van der Waals surface area contributed by atoms with Crippen molar-refractivity contribution in [1.82, 2.24) is 0 Å². The molecule has 0 heterocycles. The first-order chi connectivity index (χ1) is 9.47. The fourth-order valence-corrected chi connectivity index (χ4v) is 2.17. The van der Waals surface area contributed by atoms with Gasteiger partial charge in [0.15, 0.2) is 0 Å². The molecule has 2 aromatic carbocycles. The summed E-state index contributed by atoms with van der Waals surface area (Å²) in [6, 6.07) is 10.5. The van der Waals surface area contributed by atoms with E-state index in [1.807, 2.05) is 0 Å². The maximum absolute atomic E-state index is 12.8. The Morgan fingerprint density at radius 1 is 1.20 bits per heavy atom. The maximum Gasteiger partial charge on any atom is 0.255 e. The van der Waals surface area contributed by atoms with Crippen LogP contribution in [0.1, 0.15) is 15.9 Å². The Kier molecular flexibility index (Phi) is 4.46. The van der Waals surface area contributed by atoms with Gasteiger partial charge in [-0.1, -0.05) is 28.1 Å². The van der Waals surface area contributed by atoms with Gasteiger partial charge in [0, 0.05) is 15.6 Å². The Morgan fingerprint density at radius 2 is 1.85 bits per heavy atom. The number of hydrogen-bond acceptors (Lipinski definition) is 2. The van der Waals surface area contributed by atoms with Crippen molar-refractivity contribution in [1.29, 1.82) is 0 Å². The highest BCUT2D eigenvalue weighted by Crippen LogP contribution is 2.22. The fraction of sp³-hybridized carbons (Fsp3) is 0. The number of carbonyl (C=O) groups excluding carboxylic acids is 1. The van der Waals surface area contributed by atoms with E-state index in [-0.39, 0.29) is 10.9 Å². The molecule has 3 nitrogen and oxygen atoms in total. The third kappa shape index (κ3) is 3.40. The highest BCUT2D eigenvalue weighted by molar-refractivity contribution is 9.10. The van der Waals surface area contributed by atoms with E-state index in [1.54, 1.807) is 18.2 Å². The van der Waals surface area contributed by atoms with Gasteiger partial charge in [-0.2, -0.15) is 0 Å². The van der Waals surface area contributed by atoms with Crippen LogP contribution in [0.5, 0.6) is 0 Å². The van der Waals surface area contributed by atoms with Crippen molar-refractivity contribution in [2.75, 3.05) is 5.32 Å². The first-order valence-corrected chi connectivity index (χ1v) is 6.84. The van der Waals surface area contributed by atoms with Gasteiger partial charge in [0.25, 0.3) is 5.91 Å². The summed E-state index contributed by atoms with van der Waals surface area (Å²) in [6.45, 7) is 0. The summed E-state index contributed by atoms with van der Waals surface area (Å²) in [7, 11) is 0. The summed E-state index contributed by atoms with van der Waals surface area (Å²) >= 11 is 8.26. The summed E-state index contributed by atoms with van der Waals surface area (Å²) in [5, 5.41) is 2.71. The molecule has 102 valence electrons. The van der Waals surface area contributed by atoms with Crippen molar-refractivity contribution in [3.63, 3.8) is 0 Å². The minimum Gasteiger partial charge on any atom is -0.389 e. The lowest BCUT2D eigenvalue weighted by atomic mass is 10.1. The molecule has 0 saturated heterocycles. The second-order valence-corrected chi connectivity index (χ2v) is 5.37. The molecule has 0 aliphatic carbocycles. The number of rotatable bonds is 3. The van der Waals surface area contributed by atoms with Crippen LogP contribution in [0.3, 0.4) is 0 Å². The minimum atomic E-state index is -0.396. The predicted octanol–water partition coefficient (Wildman–Crippen LogP) is 3.47. The topological polar surface area (TPSA) is 55.1 Å². The zero-order valence-electron chi connectivity index (χ0n) is 10.2. The molecular weight excluding hydrogens is 343 g/mol. The van der Waals surface area contributed by atoms with Crippen LogP contribution in [0.25, 0.3) is 0 Å². The van der Waals surface area contributed by atoms with Crippen LogP contribution in [0.4, 0.5) is 10.1 Å². The van der Waals surface area contributed by atoms with Gasteiger partial charge in [-0.05, 0) is 42.5 Å². The molecule has 2 aromatic rings. The first-order valence-electron chi connectivity index (χ1n) is 5.63. The number of carbonyl (C=O) groups is 1. The lowest BCUT2D eigenvalue weighted by Crippen LogP contribution is -2.17. The number of thiocarbonyl (C=S) groups is 1. The summed E-state index contributed by atoms with van der Waals surface area (Å²) in [4.78, 5) is 12.3. The average Bonchev–Trinajstić information content (AvgIpc) is 2.39. The largest absolute Gasteiger partial charge is 0.389 e. The highest BCUT2D eigenvalue weighted by atomic mass is 79.9. The molecule has 0 unspecified atom stereocenters. The SMILES string of the molecule is NC(=S)c1ccc(Br)cc1NC(=O)c1ccc(F)cc1. The number of benzene rings is 2. The van der Waals surface area contributed by atoms with Gasteiger partial charge in [0.05, 0.1) is 5.69 Å². The van der Waals surface area contributed by atoms with Gasteiger partial charge in [-0.25, -0.2) is 4.39 Å². The molecular formula is C14H10BrFN2OS. The van der Waals surface area contributed by atoms with Gasteiger partial charge in [0.2, 0.25) is 0 Å².